The molecule has 0 aliphatic heterocycles. The summed E-state index contributed by atoms with van der Waals surface area (Å²) in [5.74, 6) is 0.190. The van der Waals surface area contributed by atoms with Crippen LogP contribution >= 0.6 is 0 Å². The van der Waals surface area contributed by atoms with Crippen molar-refractivity contribution in [2.45, 2.75) is 143 Å². The van der Waals surface area contributed by atoms with Gasteiger partial charge in [-0.2, -0.15) is 0 Å². The molecule has 0 aliphatic rings. The van der Waals surface area contributed by atoms with Gasteiger partial charge in [0.15, 0.2) is 0 Å². The predicted molar refractivity (Wildman–Crippen MR) is 215 cm³/mol. The molecule has 0 aliphatic carbocycles. The van der Waals surface area contributed by atoms with E-state index >= 15 is 0 Å². The van der Waals surface area contributed by atoms with Crippen molar-refractivity contribution in [1.29, 1.82) is 0 Å². The van der Waals surface area contributed by atoms with Gasteiger partial charge in [0.25, 0.3) is 0 Å². The molecule has 0 aromatic rings. The first-order chi connectivity index (χ1) is 24.3. The van der Waals surface area contributed by atoms with Crippen LogP contribution in [0.25, 0.3) is 0 Å². The molecule has 53 heavy (non-hydrogen) atoms. The van der Waals surface area contributed by atoms with Crippen LogP contribution in [0.1, 0.15) is 143 Å². The zero-order valence-electron chi connectivity index (χ0n) is 37.0. The predicted octanol–water partition coefficient (Wildman–Crippen LogP) is 7.96. The number of carbonyl (C=O) groups excluding carboxylic acids is 3. The summed E-state index contributed by atoms with van der Waals surface area (Å²) in [5, 5.41) is 36.0. The number of aliphatic hydroxyl groups excluding tert-OH is 4. The van der Waals surface area contributed by atoms with Gasteiger partial charge in [-0.3, -0.25) is 14.4 Å². The molecule has 0 saturated carbocycles. The van der Waals surface area contributed by atoms with Crippen LogP contribution in [0.3, 0.4) is 0 Å². The normalized spacial score (nSPS) is 14.4. The highest BCUT2D eigenvalue weighted by atomic mass is 16.5. The van der Waals surface area contributed by atoms with Gasteiger partial charge < -0.3 is 34.6 Å². The minimum Gasteiger partial charge on any atom is -0.465 e. The largest absolute Gasteiger partial charge is 0.465 e. The molecule has 0 aromatic heterocycles. The van der Waals surface area contributed by atoms with Crippen LogP contribution in [-0.4, -0.2) is 84.6 Å². The Hall–Kier alpha value is -1.75. The van der Waals surface area contributed by atoms with Crippen LogP contribution < -0.4 is 0 Å². The molecule has 0 bridgehead atoms. The van der Waals surface area contributed by atoms with Crippen molar-refractivity contribution >= 4 is 17.9 Å². The molecule has 0 rings (SSSR count). The number of rotatable bonds is 22. The van der Waals surface area contributed by atoms with E-state index in [4.69, 9.17) is 34.6 Å². The summed E-state index contributed by atoms with van der Waals surface area (Å²) in [6.07, 6.45) is 4.27. The maximum atomic E-state index is 12.1. The number of carbonyl (C=O) groups is 3. The van der Waals surface area contributed by atoms with Gasteiger partial charge in [0.1, 0.15) is 0 Å². The Morgan fingerprint density at radius 2 is 0.830 bits per heavy atom. The molecule has 0 fully saturated rings. The fourth-order valence-electron chi connectivity index (χ4n) is 5.55. The molecular formula is C43H86O10. The minimum absolute atomic E-state index is 0.0452. The second kappa shape index (κ2) is 29.5. The number of aliphatic hydroxyl groups is 4. The molecule has 0 spiro atoms. The van der Waals surface area contributed by atoms with E-state index in [1.807, 2.05) is 55.4 Å². The van der Waals surface area contributed by atoms with E-state index in [2.05, 4.69) is 55.4 Å². The average molecular weight is 763 g/mol. The maximum Gasteiger partial charge on any atom is 0.309 e. The molecule has 10 heteroatoms. The average Bonchev–Trinajstić information content (AvgIpc) is 3.04. The number of hydrogen-bond acceptors (Lipinski definition) is 10. The molecular weight excluding hydrogens is 676 g/mol. The van der Waals surface area contributed by atoms with Gasteiger partial charge in [0.05, 0.1) is 50.8 Å². The van der Waals surface area contributed by atoms with Crippen LogP contribution in [-0.2, 0) is 28.6 Å². The standard InChI is InChI=1S/C15H30O4.C15H30O3.C13H26O3/c1-11(2)13(6-7-15(3,4)5)14(18)19-10-12(8-16)9-17;1-7-12(9-16)10-18-14(17)13(11(2)3)8-15(4,5)6;1-6-11(7-14)8-16-13(15)12(9(2)3)10(4)5/h11-13,16-17H,6-10H2,1-5H3;11-13,16H,7-10H2,1-6H3;9-12,14H,6-8H2,1-5H3. The summed E-state index contributed by atoms with van der Waals surface area (Å²) in [6.45, 7) is 33.7. The molecule has 0 heterocycles. The lowest BCUT2D eigenvalue weighted by Gasteiger charge is -2.27. The quantitative estimate of drug-likeness (QED) is 0.0630. The lowest BCUT2D eigenvalue weighted by Crippen LogP contribution is -2.29. The van der Waals surface area contributed by atoms with Gasteiger partial charge in [0.2, 0.25) is 0 Å². The van der Waals surface area contributed by atoms with E-state index in [-0.39, 0.29) is 109 Å². The highest BCUT2D eigenvalue weighted by Gasteiger charge is 2.30. The Morgan fingerprint density at radius 3 is 1.11 bits per heavy atom. The SMILES string of the molecule is CC(C)C(CCC(C)(C)C)C(=O)OCC(CO)CO.CCC(CO)COC(=O)C(C(C)C)C(C)C.CCC(CO)COC(=O)C(CC(C)(C)C)C(C)C. The van der Waals surface area contributed by atoms with Crippen LogP contribution in [0.4, 0.5) is 0 Å². The van der Waals surface area contributed by atoms with Gasteiger partial charge in [-0.25, -0.2) is 0 Å². The van der Waals surface area contributed by atoms with Crippen LogP contribution in [0, 0.1) is 70.0 Å². The Kier molecular flexibility index (Phi) is 31.0. The second-order valence-electron chi connectivity index (χ2n) is 18.6. The summed E-state index contributed by atoms with van der Waals surface area (Å²) in [6, 6.07) is 0. The van der Waals surface area contributed by atoms with Gasteiger partial charge in [-0.05, 0) is 66.6 Å². The smallest absolute Gasteiger partial charge is 0.309 e. The highest BCUT2D eigenvalue weighted by molar-refractivity contribution is 5.73. The Balaban J connectivity index is -0.000000710. The lowest BCUT2D eigenvalue weighted by molar-refractivity contribution is -0.154. The van der Waals surface area contributed by atoms with Gasteiger partial charge in [0, 0.05) is 31.0 Å². The summed E-state index contributed by atoms with van der Waals surface area (Å²) in [5.41, 5.74) is 0.321. The summed E-state index contributed by atoms with van der Waals surface area (Å²) < 4.78 is 15.8. The molecule has 0 amide bonds. The van der Waals surface area contributed by atoms with Crippen LogP contribution in [0.15, 0.2) is 0 Å². The Bertz CT molecular complexity index is 912. The fraction of sp³-hybridized carbons (Fsp3) is 0.930. The first-order valence-corrected chi connectivity index (χ1v) is 20.3. The zero-order chi connectivity index (χ0) is 42.1. The van der Waals surface area contributed by atoms with E-state index in [0.717, 1.165) is 32.1 Å². The first kappa shape index (κ1) is 55.6. The molecule has 4 atom stereocenters. The summed E-state index contributed by atoms with van der Waals surface area (Å²) in [7, 11) is 0. The van der Waals surface area contributed by atoms with E-state index in [9.17, 15) is 14.4 Å². The van der Waals surface area contributed by atoms with Gasteiger partial charge in [-0.15, -0.1) is 0 Å². The summed E-state index contributed by atoms with van der Waals surface area (Å²) in [4.78, 5) is 36.0. The molecule has 0 saturated heterocycles. The maximum absolute atomic E-state index is 12.1. The molecule has 10 nitrogen and oxygen atoms in total. The van der Waals surface area contributed by atoms with Crippen molar-refractivity contribution < 1.29 is 49.0 Å². The second-order valence-corrected chi connectivity index (χ2v) is 18.6. The van der Waals surface area contributed by atoms with Crippen LogP contribution in [0.5, 0.6) is 0 Å². The first-order valence-electron chi connectivity index (χ1n) is 20.3. The summed E-state index contributed by atoms with van der Waals surface area (Å²) >= 11 is 0. The molecule has 4 N–H and O–H groups in total. The topological polar surface area (TPSA) is 160 Å². The molecule has 0 radical (unpaired) electrons. The number of esters is 3. The monoisotopic (exact) mass is 763 g/mol. The van der Waals surface area contributed by atoms with E-state index in [0.29, 0.717) is 25.0 Å². The molecule has 318 valence electrons. The number of hydrogen-bond donors (Lipinski definition) is 4. The zero-order valence-corrected chi connectivity index (χ0v) is 37.0. The third kappa shape index (κ3) is 28.3. The van der Waals surface area contributed by atoms with Gasteiger partial charge in [-0.1, -0.05) is 111 Å². The van der Waals surface area contributed by atoms with Gasteiger partial charge >= 0.3 is 17.9 Å². The fourth-order valence-corrected chi connectivity index (χ4v) is 5.55. The molecule has 4 unspecified atom stereocenters. The van der Waals surface area contributed by atoms with E-state index < -0.39 is 0 Å². The Morgan fingerprint density at radius 1 is 0.491 bits per heavy atom. The van der Waals surface area contributed by atoms with Crippen molar-refractivity contribution in [1.82, 2.24) is 0 Å². The molecule has 0 aromatic carbocycles. The van der Waals surface area contributed by atoms with Crippen molar-refractivity contribution in [2.75, 3.05) is 46.2 Å². The minimum atomic E-state index is -0.376. The van der Waals surface area contributed by atoms with Crippen LogP contribution in [0.2, 0.25) is 0 Å². The number of ether oxygens (including phenoxy) is 3. The van der Waals surface area contributed by atoms with Crippen molar-refractivity contribution in [2.24, 2.45) is 70.0 Å². The van der Waals surface area contributed by atoms with Crippen molar-refractivity contribution in [3.63, 3.8) is 0 Å². The highest BCUT2D eigenvalue weighted by Crippen LogP contribution is 2.30. The third-order valence-electron chi connectivity index (χ3n) is 9.53. The van der Waals surface area contributed by atoms with Crippen molar-refractivity contribution in [3.05, 3.63) is 0 Å². The van der Waals surface area contributed by atoms with E-state index in [1.165, 1.54) is 0 Å². The lowest BCUT2D eigenvalue weighted by atomic mass is 9.80. The van der Waals surface area contributed by atoms with Crippen molar-refractivity contribution in [3.8, 4) is 0 Å². The third-order valence-corrected chi connectivity index (χ3v) is 9.53. The Labute approximate surface area is 325 Å². The van der Waals surface area contributed by atoms with E-state index in [1.54, 1.807) is 0 Å².